The van der Waals surface area contributed by atoms with Crippen LogP contribution in [0.15, 0.2) is 51.0 Å². The Kier molecular flexibility index (Phi) is 3.42. The highest BCUT2D eigenvalue weighted by Crippen LogP contribution is 2.28. The molecule has 0 aliphatic rings. The Morgan fingerprint density at radius 2 is 2.25 bits per heavy atom. The summed E-state index contributed by atoms with van der Waals surface area (Å²) in [6, 6.07) is 7.25. The number of nitrogens with zero attached hydrogens (tertiary/aromatic N) is 2. The molecule has 0 atom stereocenters. The van der Waals surface area contributed by atoms with Gasteiger partial charge in [-0.2, -0.15) is 0 Å². The minimum Gasteiger partial charge on any atom is -0.465 e. The van der Waals surface area contributed by atoms with Crippen LogP contribution in [0.25, 0.3) is 16.6 Å². The van der Waals surface area contributed by atoms with Crippen molar-refractivity contribution >= 4 is 29.1 Å². The molecule has 0 saturated heterocycles. The third kappa shape index (κ3) is 2.67. The van der Waals surface area contributed by atoms with Crippen molar-refractivity contribution in [2.75, 3.05) is 5.32 Å². The number of aromatic nitrogens is 2. The topological polar surface area (TPSA) is 81.2 Å². The van der Waals surface area contributed by atoms with Crippen molar-refractivity contribution in [2.45, 2.75) is 0 Å². The van der Waals surface area contributed by atoms with Gasteiger partial charge in [0.2, 0.25) is 11.7 Å². The lowest BCUT2D eigenvalue weighted by molar-refractivity contribution is -0.111. The van der Waals surface area contributed by atoms with Gasteiger partial charge in [-0.1, -0.05) is 6.07 Å². The van der Waals surface area contributed by atoms with Crippen molar-refractivity contribution < 1.29 is 13.8 Å². The maximum atomic E-state index is 11.8. The fraction of sp³-hybridized carbons (Fsp3) is 0. The van der Waals surface area contributed by atoms with Crippen LogP contribution in [0.3, 0.4) is 0 Å². The summed E-state index contributed by atoms with van der Waals surface area (Å²) >= 11 is 1.49. The monoisotopic (exact) mass is 287 g/mol. The zero-order valence-corrected chi connectivity index (χ0v) is 11.0. The van der Waals surface area contributed by atoms with Crippen molar-refractivity contribution in [1.29, 1.82) is 0 Å². The van der Waals surface area contributed by atoms with E-state index in [-0.39, 0.29) is 5.91 Å². The zero-order chi connectivity index (χ0) is 13.8. The van der Waals surface area contributed by atoms with Crippen LogP contribution in [0.4, 0.5) is 5.82 Å². The summed E-state index contributed by atoms with van der Waals surface area (Å²) in [6.07, 6.45) is 4.45. The average molecular weight is 287 g/mol. The molecule has 0 bridgehead atoms. The van der Waals surface area contributed by atoms with Crippen molar-refractivity contribution in [3.63, 3.8) is 0 Å². The molecule has 3 aromatic heterocycles. The lowest BCUT2D eigenvalue weighted by Crippen LogP contribution is -2.08. The van der Waals surface area contributed by atoms with Gasteiger partial charge in [0, 0.05) is 6.08 Å². The summed E-state index contributed by atoms with van der Waals surface area (Å²) in [5.41, 5.74) is 0.514. The van der Waals surface area contributed by atoms with Gasteiger partial charge in [-0.3, -0.25) is 4.79 Å². The van der Waals surface area contributed by atoms with E-state index in [0.29, 0.717) is 17.3 Å². The van der Waals surface area contributed by atoms with E-state index in [2.05, 4.69) is 20.3 Å². The number of furan rings is 1. The van der Waals surface area contributed by atoms with E-state index >= 15 is 0 Å². The van der Waals surface area contributed by atoms with Gasteiger partial charge in [-0.25, -0.2) is 4.63 Å². The Labute approximate surface area is 117 Å². The van der Waals surface area contributed by atoms with Crippen LogP contribution in [-0.4, -0.2) is 16.2 Å². The van der Waals surface area contributed by atoms with Crippen molar-refractivity contribution in [3.8, 4) is 10.6 Å². The first-order valence-corrected chi connectivity index (χ1v) is 6.60. The van der Waals surface area contributed by atoms with Gasteiger partial charge in [0.25, 0.3) is 0 Å². The largest absolute Gasteiger partial charge is 0.465 e. The maximum absolute atomic E-state index is 11.8. The molecule has 3 rings (SSSR count). The van der Waals surface area contributed by atoms with Crippen LogP contribution in [0.2, 0.25) is 0 Å². The van der Waals surface area contributed by atoms with Gasteiger partial charge in [0.15, 0.2) is 5.69 Å². The highest BCUT2D eigenvalue weighted by molar-refractivity contribution is 7.13. The van der Waals surface area contributed by atoms with Crippen LogP contribution in [0.1, 0.15) is 5.76 Å². The van der Waals surface area contributed by atoms with Crippen molar-refractivity contribution in [2.24, 2.45) is 0 Å². The molecular formula is C13H9N3O3S. The number of nitrogens with one attached hydrogen (secondary N) is 1. The summed E-state index contributed by atoms with van der Waals surface area (Å²) in [6.45, 7) is 0. The molecule has 100 valence electrons. The summed E-state index contributed by atoms with van der Waals surface area (Å²) < 4.78 is 9.76. The van der Waals surface area contributed by atoms with E-state index in [4.69, 9.17) is 4.42 Å². The average Bonchev–Trinajstić information content (AvgIpc) is 3.18. The SMILES string of the molecule is O=C(C=Cc1ccco1)Nc1nonc1-c1cccs1. The van der Waals surface area contributed by atoms with Crippen LogP contribution in [-0.2, 0) is 4.79 Å². The molecule has 0 radical (unpaired) electrons. The molecule has 0 aliphatic heterocycles. The van der Waals surface area contributed by atoms with Gasteiger partial charge in [0.1, 0.15) is 5.76 Å². The second-order valence-corrected chi connectivity index (χ2v) is 4.72. The summed E-state index contributed by atoms with van der Waals surface area (Å²) in [4.78, 5) is 12.7. The Morgan fingerprint density at radius 3 is 3.00 bits per heavy atom. The molecule has 0 saturated carbocycles. The number of thiophene rings is 1. The Morgan fingerprint density at radius 1 is 1.30 bits per heavy atom. The van der Waals surface area contributed by atoms with Gasteiger partial charge in [-0.15, -0.1) is 11.3 Å². The maximum Gasteiger partial charge on any atom is 0.249 e. The summed E-state index contributed by atoms with van der Waals surface area (Å²) in [5, 5.41) is 12.0. The van der Waals surface area contributed by atoms with E-state index in [1.165, 1.54) is 23.7 Å². The first kappa shape index (κ1) is 12.4. The first-order chi connectivity index (χ1) is 9.83. The molecule has 0 spiro atoms. The lowest BCUT2D eigenvalue weighted by Gasteiger charge is -1.97. The molecular weight excluding hydrogens is 278 g/mol. The van der Waals surface area contributed by atoms with Crippen molar-refractivity contribution in [1.82, 2.24) is 10.3 Å². The molecule has 3 heterocycles. The zero-order valence-electron chi connectivity index (χ0n) is 10.1. The molecule has 1 N–H and O–H groups in total. The van der Waals surface area contributed by atoms with Gasteiger partial charge in [-0.05, 0) is 40.0 Å². The lowest BCUT2D eigenvalue weighted by atomic mass is 10.3. The van der Waals surface area contributed by atoms with Gasteiger partial charge < -0.3 is 9.73 Å². The number of hydrogen-bond acceptors (Lipinski definition) is 6. The second kappa shape index (κ2) is 5.54. The Bertz CT molecular complexity index is 714. The highest BCUT2D eigenvalue weighted by atomic mass is 32.1. The van der Waals surface area contributed by atoms with E-state index in [1.807, 2.05) is 17.5 Å². The molecule has 7 heteroatoms. The number of carbonyl (C=O) groups excluding carboxylic acids is 1. The number of carbonyl (C=O) groups is 1. The van der Waals surface area contributed by atoms with E-state index in [0.717, 1.165) is 4.88 Å². The minimum absolute atomic E-state index is 0.293. The smallest absolute Gasteiger partial charge is 0.249 e. The standard InChI is InChI=1S/C13H9N3O3S/c17-11(6-5-9-3-1-7-18-9)14-13-12(15-19-16-13)10-4-2-8-20-10/h1-8H,(H,14,16,17). The number of hydrogen-bond donors (Lipinski definition) is 1. The van der Waals surface area contributed by atoms with Gasteiger partial charge >= 0.3 is 0 Å². The molecule has 0 unspecified atom stereocenters. The van der Waals surface area contributed by atoms with Crippen LogP contribution < -0.4 is 5.32 Å². The normalized spacial score (nSPS) is 11.0. The number of anilines is 1. The molecule has 20 heavy (non-hydrogen) atoms. The Balaban J connectivity index is 1.72. The molecule has 1 amide bonds. The van der Waals surface area contributed by atoms with Crippen LogP contribution in [0, 0.1) is 0 Å². The minimum atomic E-state index is -0.338. The third-order valence-electron chi connectivity index (χ3n) is 2.43. The third-order valence-corrected chi connectivity index (χ3v) is 3.30. The molecule has 6 nitrogen and oxygen atoms in total. The van der Waals surface area contributed by atoms with E-state index in [9.17, 15) is 4.79 Å². The fourth-order valence-corrected chi connectivity index (χ4v) is 2.25. The second-order valence-electron chi connectivity index (χ2n) is 3.78. The highest BCUT2D eigenvalue weighted by Gasteiger charge is 2.14. The molecule has 0 aromatic carbocycles. The first-order valence-electron chi connectivity index (χ1n) is 5.72. The molecule has 0 aliphatic carbocycles. The van der Waals surface area contributed by atoms with Crippen LogP contribution in [0.5, 0.6) is 0 Å². The molecule has 0 fully saturated rings. The predicted octanol–water partition coefficient (Wildman–Crippen LogP) is 3.04. The number of rotatable bonds is 4. The molecule has 3 aromatic rings. The van der Waals surface area contributed by atoms with Crippen molar-refractivity contribution in [3.05, 3.63) is 47.7 Å². The predicted molar refractivity (Wildman–Crippen MR) is 74.0 cm³/mol. The number of amides is 1. The quantitative estimate of drug-likeness (QED) is 0.746. The summed E-state index contributed by atoms with van der Waals surface area (Å²) in [5.74, 6) is 0.549. The Hall–Kier alpha value is -2.67. The van der Waals surface area contributed by atoms with E-state index in [1.54, 1.807) is 18.2 Å². The van der Waals surface area contributed by atoms with E-state index < -0.39 is 0 Å². The van der Waals surface area contributed by atoms with Crippen LogP contribution >= 0.6 is 11.3 Å². The van der Waals surface area contributed by atoms with Gasteiger partial charge in [0.05, 0.1) is 11.1 Å². The summed E-state index contributed by atoms with van der Waals surface area (Å²) in [7, 11) is 0. The fourth-order valence-electron chi connectivity index (χ4n) is 1.55.